The minimum absolute atomic E-state index is 0.178. The monoisotopic (exact) mass is 186 g/mol. The Balaban J connectivity index is 2.85. The number of rotatable bonds is 3. The number of nitrogens with zero attached hydrogens (tertiary/aromatic N) is 2. The summed E-state index contributed by atoms with van der Waals surface area (Å²) in [6.45, 7) is 2.22. The van der Waals surface area contributed by atoms with E-state index in [1.807, 2.05) is 25.9 Å². The van der Waals surface area contributed by atoms with Gasteiger partial charge in [-0.2, -0.15) is 0 Å². The molecule has 0 fully saturated rings. The number of hydrogen-bond donors (Lipinski definition) is 1. The Kier molecular flexibility index (Phi) is 3.05. The Morgan fingerprint density at radius 2 is 2.17 bits per heavy atom. The first-order chi connectivity index (χ1) is 5.65. The highest BCUT2D eigenvalue weighted by atomic mass is 32.1. The van der Waals surface area contributed by atoms with E-state index in [-0.39, 0.29) is 6.61 Å². The van der Waals surface area contributed by atoms with Crippen LogP contribution in [-0.4, -0.2) is 30.8 Å². The molecule has 1 aromatic rings. The number of aliphatic hydroxyl groups excluding tert-OH is 1. The summed E-state index contributed by atoms with van der Waals surface area (Å²) in [5.74, 6) is 0. The predicted molar refractivity (Wildman–Crippen MR) is 52.0 cm³/mol. The SMILES string of the molecule is Cc1sc(N(C)C)nc1CCO. The molecule has 3 nitrogen and oxygen atoms in total. The Bertz CT molecular complexity index is 258. The van der Waals surface area contributed by atoms with Crippen molar-refractivity contribution in [3.8, 4) is 0 Å². The largest absolute Gasteiger partial charge is 0.396 e. The molecule has 1 N–H and O–H groups in total. The van der Waals surface area contributed by atoms with Crippen molar-refractivity contribution in [2.75, 3.05) is 25.6 Å². The van der Waals surface area contributed by atoms with Crippen LogP contribution in [0.1, 0.15) is 10.6 Å². The van der Waals surface area contributed by atoms with Crippen molar-refractivity contribution in [3.63, 3.8) is 0 Å². The molecule has 1 rings (SSSR count). The van der Waals surface area contributed by atoms with E-state index in [1.165, 1.54) is 4.88 Å². The van der Waals surface area contributed by atoms with Crippen LogP contribution in [0.2, 0.25) is 0 Å². The first-order valence-electron chi connectivity index (χ1n) is 3.89. The van der Waals surface area contributed by atoms with Crippen LogP contribution in [0.25, 0.3) is 0 Å². The molecule has 0 aliphatic heterocycles. The zero-order valence-electron chi connectivity index (χ0n) is 7.66. The molecule has 0 aliphatic rings. The maximum atomic E-state index is 8.74. The van der Waals surface area contributed by atoms with E-state index in [2.05, 4.69) is 4.98 Å². The third-order valence-corrected chi connectivity index (χ3v) is 2.79. The Labute approximate surface area is 76.7 Å². The summed E-state index contributed by atoms with van der Waals surface area (Å²) in [7, 11) is 3.95. The first kappa shape index (κ1) is 9.48. The molecule has 0 unspecified atom stereocenters. The molecule has 0 bridgehead atoms. The Hall–Kier alpha value is -0.610. The fourth-order valence-electron chi connectivity index (χ4n) is 0.942. The summed E-state index contributed by atoms with van der Waals surface area (Å²) in [6, 6.07) is 0. The zero-order valence-corrected chi connectivity index (χ0v) is 8.48. The topological polar surface area (TPSA) is 36.4 Å². The third-order valence-electron chi connectivity index (χ3n) is 1.61. The molecule has 0 aliphatic carbocycles. The van der Waals surface area contributed by atoms with Crippen LogP contribution in [0.5, 0.6) is 0 Å². The molecular formula is C8H14N2OS. The minimum Gasteiger partial charge on any atom is -0.396 e. The van der Waals surface area contributed by atoms with Gasteiger partial charge in [-0.05, 0) is 6.92 Å². The van der Waals surface area contributed by atoms with Gasteiger partial charge in [0.1, 0.15) is 0 Å². The summed E-state index contributed by atoms with van der Waals surface area (Å²) in [5, 5.41) is 9.75. The van der Waals surface area contributed by atoms with Crippen LogP contribution in [0, 0.1) is 6.92 Å². The smallest absolute Gasteiger partial charge is 0.185 e. The molecule has 0 saturated carbocycles. The van der Waals surface area contributed by atoms with Crippen LogP contribution < -0.4 is 4.90 Å². The second kappa shape index (κ2) is 3.87. The number of aliphatic hydroxyl groups is 1. The average molecular weight is 186 g/mol. The lowest BCUT2D eigenvalue weighted by molar-refractivity contribution is 0.298. The van der Waals surface area contributed by atoms with Crippen LogP contribution in [0.3, 0.4) is 0 Å². The van der Waals surface area contributed by atoms with E-state index < -0.39 is 0 Å². The number of hydrogen-bond acceptors (Lipinski definition) is 4. The van der Waals surface area contributed by atoms with Crippen molar-refractivity contribution in [1.82, 2.24) is 4.98 Å². The fraction of sp³-hybridized carbons (Fsp3) is 0.625. The van der Waals surface area contributed by atoms with Crippen molar-refractivity contribution in [2.45, 2.75) is 13.3 Å². The third kappa shape index (κ3) is 1.95. The van der Waals surface area contributed by atoms with E-state index in [0.717, 1.165) is 10.8 Å². The van der Waals surface area contributed by atoms with E-state index in [0.29, 0.717) is 6.42 Å². The lowest BCUT2D eigenvalue weighted by atomic mass is 10.3. The molecule has 4 heteroatoms. The average Bonchev–Trinajstić information content (AvgIpc) is 2.34. The first-order valence-corrected chi connectivity index (χ1v) is 4.71. The predicted octanol–water partition coefficient (Wildman–Crippen LogP) is 1.05. The molecule has 1 aromatic heterocycles. The molecular weight excluding hydrogens is 172 g/mol. The van der Waals surface area contributed by atoms with Crippen LogP contribution in [-0.2, 0) is 6.42 Å². The van der Waals surface area contributed by atoms with Gasteiger partial charge < -0.3 is 10.0 Å². The van der Waals surface area contributed by atoms with Crippen molar-refractivity contribution in [2.24, 2.45) is 0 Å². The van der Waals surface area contributed by atoms with Crippen molar-refractivity contribution in [1.29, 1.82) is 0 Å². The van der Waals surface area contributed by atoms with Crippen molar-refractivity contribution >= 4 is 16.5 Å². The van der Waals surface area contributed by atoms with Gasteiger partial charge in [0.25, 0.3) is 0 Å². The molecule has 68 valence electrons. The standard InChI is InChI=1S/C8H14N2OS/c1-6-7(4-5-11)9-8(12-6)10(2)3/h11H,4-5H2,1-3H3. The quantitative estimate of drug-likeness (QED) is 0.766. The molecule has 0 aromatic carbocycles. The number of anilines is 1. The molecule has 1 heterocycles. The summed E-state index contributed by atoms with van der Waals surface area (Å²) < 4.78 is 0. The summed E-state index contributed by atoms with van der Waals surface area (Å²) in [4.78, 5) is 7.57. The van der Waals surface area contributed by atoms with Gasteiger partial charge in [0, 0.05) is 32.0 Å². The highest BCUT2D eigenvalue weighted by Crippen LogP contribution is 2.23. The molecule has 0 atom stereocenters. The Morgan fingerprint density at radius 3 is 2.58 bits per heavy atom. The second-order valence-corrected chi connectivity index (χ2v) is 4.05. The highest BCUT2D eigenvalue weighted by Gasteiger charge is 2.07. The number of thiazole rings is 1. The van der Waals surface area contributed by atoms with E-state index in [4.69, 9.17) is 5.11 Å². The van der Waals surface area contributed by atoms with Gasteiger partial charge in [-0.25, -0.2) is 4.98 Å². The maximum Gasteiger partial charge on any atom is 0.185 e. The zero-order chi connectivity index (χ0) is 9.14. The molecule has 12 heavy (non-hydrogen) atoms. The lowest BCUT2D eigenvalue weighted by Crippen LogP contribution is -2.08. The van der Waals surface area contributed by atoms with Gasteiger partial charge in [-0.1, -0.05) is 0 Å². The van der Waals surface area contributed by atoms with Gasteiger partial charge in [0.15, 0.2) is 5.13 Å². The van der Waals surface area contributed by atoms with E-state index in [1.54, 1.807) is 11.3 Å². The molecule has 0 amide bonds. The maximum absolute atomic E-state index is 8.74. The van der Waals surface area contributed by atoms with Gasteiger partial charge in [-0.3, -0.25) is 0 Å². The van der Waals surface area contributed by atoms with Gasteiger partial charge in [0.05, 0.1) is 5.69 Å². The minimum atomic E-state index is 0.178. The number of aryl methyl sites for hydroxylation is 1. The number of aromatic nitrogens is 1. The van der Waals surface area contributed by atoms with Gasteiger partial charge in [0.2, 0.25) is 0 Å². The van der Waals surface area contributed by atoms with E-state index >= 15 is 0 Å². The molecule has 0 radical (unpaired) electrons. The van der Waals surface area contributed by atoms with E-state index in [9.17, 15) is 0 Å². The highest BCUT2D eigenvalue weighted by molar-refractivity contribution is 7.15. The van der Waals surface area contributed by atoms with Crippen molar-refractivity contribution < 1.29 is 5.11 Å². The molecule has 0 saturated heterocycles. The van der Waals surface area contributed by atoms with Gasteiger partial charge >= 0.3 is 0 Å². The fourth-order valence-corrected chi connectivity index (χ4v) is 1.82. The van der Waals surface area contributed by atoms with Crippen LogP contribution in [0.4, 0.5) is 5.13 Å². The normalized spacial score (nSPS) is 10.3. The Morgan fingerprint density at radius 1 is 1.50 bits per heavy atom. The van der Waals surface area contributed by atoms with Crippen LogP contribution >= 0.6 is 11.3 Å². The molecule has 0 spiro atoms. The second-order valence-electron chi connectivity index (χ2n) is 2.87. The lowest BCUT2D eigenvalue weighted by Gasteiger charge is -2.05. The summed E-state index contributed by atoms with van der Waals surface area (Å²) in [5.41, 5.74) is 1.02. The summed E-state index contributed by atoms with van der Waals surface area (Å²) in [6.07, 6.45) is 0.663. The summed E-state index contributed by atoms with van der Waals surface area (Å²) >= 11 is 1.67. The van der Waals surface area contributed by atoms with Gasteiger partial charge in [-0.15, -0.1) is 11.3 Å². The van der Waals surface area contributed by atoms with Crippen molar-refractivity contribution in [3.05, 3.63) is 10.6 Å². The van der Waals surface area contributed by atoms with Crippen LogP contribution in [0.15, 0.2) is 0 Å².